The molecule has 0 amide bonds. The molecule has 0 saturated carbocycles. The molecule has 4 aromatic rings. The summed E-state index contributed by atoms with van der Waals surface area (Å²) in [6, 6.07) is 14.7. The van der Waals surface area contributed by atoms with E-state index in [4.69, 9.17) is 11.6 Å². The highest BCUT2D eigenvalue weighted by molar-refractivity contribution is 6.30. The minimum atomic E-state index is -0.102. The largest absolute Gasteiger partial charge is 0.338 e. The van der Waals surface area contributed by atoms with Gasteiger partial charge in [-0.1, -0.05) is 35.9 Å². The number of pyridine rings is 1. The highest BCUT2D eigenvalue weighted by Gasteiger charge is 2.09. The summed E-state index contributed by atoms with van der Waals surface area (Å²) in [7, 11) is 0. The van der Waals surface area contributed by atoms with Crippen molar-refractivity contribution in [1.82, 2.24) is 14.6 Å². The van der Waals surface area contributed by atoms with Gasteiger partial charge in [0.05, 0.1) is 11.7 Å². The first kappa shape index (κ1) is 13.7. The Bertz CT molecular complexity index is 1090. The fourth-order valence-corrected chi connectivity index (χ4v) is 2.56. The topological polar surface area (TPSA) is 63.0 Å². The molecule has 0 aliphatic rings. The number of hydrogen-bond donors (Lipinski definition) is 1. The van der Waals surface area contributed by atoms with Gasteiger partial charge in [-0.15, -0.1) is 0 Å². The molecular formula is C17H11ClN4O. The second-order valence-corrected chi connectivity index (χ2v) is 5.52. The molecule has 5 nitrogen and oxygen atoms in total. The van der Waals surface area contributed by atoms with E-state index in [1.54, 1.807) is 29.1 Å². The van der Waals surface area contributed by atoms with Crippen LogP contribution in [0.4, 0.5) is 0 Å². The number of aromatic nitrogens is 3. The summed E-state index contributed by atoms with van der Waals surface area (Å²) < 4.78 is 1.55. The lowest BCUT2D eigenvalue weighted by Crippen LogP contribution is -2.04. The van der Waals surface area contributed by atoms with E-state index in [2.05, 4.69) is 15.1 Å². The van der Waals surface area contributed by atoms with Crippen molar-refractivity contribution < 1.29 is 0 Å². The van der Waals surface area contributed by atoms with Crippen molar-refractivity contribution in [3.8, 4) is 0 Å². The fraction of sp³-hybridized carbons (Fsp3) is 0. The van der Waals surface area contributed by atoms with Gasteiger partial charge >= 0.3 is 0 Å². The molecule has 0 unspecified atom stereocenters. The van der Waals surface area contributed by atoms with Crippen molar-refractivity contribution in [3.05, 3.63) is 75.7 Å². The van der Waals surface area contributed by atoms with Gasteiger partial charge in [-0.3, -0.25) is 4.79 Å². The summed E-state index contributed by atoms with van der Waals surface area (Å²) in [5.74, 6) is 0. The minimum Gasteiger partial charge on any atom is -0.338 e. The third-order valence-corrected chi connectivity index (χ3v) is 3.84. The molecule has 112 valence electrons. The van der Waals surface area contributed by atoms with Crippen molar-refractivity contribution in [2.45, 2.75) is 0 Å². The molecule has 2 heterocycles. The lowest BCUT2D eigenvalue weighted by atomic mass is 10.2. The Hall–Kier alpha value is -2.92. The van der Waals surface area contributed by atoms with E-state index in [1.807, 2.05) is 30.3 Å². The molecule has 4 rings (SSSR count). The Balaban J connectivity index is 1.85. The number of hydrogen-bond acceptors (Lipinski definition) is 3. The zero-order chi connectivity index (χ0) is 15.8. The predicted octanol–water partition coefficient (Wildman–Crippen LogP) is 3.41. The third kappa shape index (κ3) is 2.41. The predicted molar refractivity (Wildman–Crippen MR) is 92.3 cm³/mol. The number of fused-ring (bicyclic) bond motifs is 2. The number of halogens is 1. The summed E-state index contributed by atoms with van der Waals surface area (Å²) in [5, 5.41) is 5.65. The highest BCUT2D eigenvalue weighted by Crippen LogP contribution is 2.13. The van der Waals surface area contributed by atoms with E-state index in [0.717, 1.165) is 11.1 Å². The smallest absolute Gasteiger partial charge is 0.217 e. The van der Waals surface area contributed by atoms with Gasteiger partial charge in [-0.2, -0.15) is 5.10 Å². The number of nitrogens with zero attached hydrogens (tertiary/aromatic N) is 3. The molecule has 0 atom stereocenters. The molecule has 0 bridgehead atoms. The van der Waals surface area contributed by atoms with E-state index in [1.165, 1.54) is 6.33 Å². The van der Waals surface area contributed by atoms with Gasteiger partial charge in [0.25, 0.3) is 0 Å². The molecule has 0 spiro atoms. The van der Waals surface area contributed by atoms with E-state index in [-0.39, 0.29) is 5.43 Å². The standard InChI is InChI=1S/C17H11ClN4O/c18-12-7-5-11(6-8-12)9-20-22-10-19-15-16(23)13-3-1-2-4-14(13)21-17(15)22/h1-10H,(H,21,23). The fourth-order valence-electron chi connectivity index (χ4n) is 2.43. The third-order valence-electron chi connectivity index (χ3n) is 3.59. The normalized spacial score (nSPS) is 11.7. The second kappa shape index (κ2) is 5.37. The zero-order valence-electron chi connectivity index (χ0n) is 11.9. The number of rotatable bonds is 2. The van der Waals surface area contributed by atoms with Crippen LogP contribution in [0.1, 0.15) is 5.56 Å². The molecular weight excluding hydrogens is 312 g/mol. The molecule has 0 aliphatic heterocycles. The minimum absolute atomic E-state index is 0.102. The molecule has 23 heavy (non-hydrogen) atoms. The van der Waals surface area contributed by atoms with Gasteiger partial charge in [0.15, 0.2) is 11.2 Å². The molecule has 0 radical (unpaired) electrons. The summed E-state index contributed by atoms with van der Waals surface area (Å²) in [6.45, 7) is 0. The van der Waals surface area contributed by atoms with Crippen LogP contribution in [0.3, 0.4) is 0 Å². The number of benzene rings is 2. The van der Waals surface area contributed by atoms with Crippen molar-refractivity contribution in [1.29, 1.82) is 0 Å². The average molecular weight is 323 g/mol. The van der Waals surface area contributed by atoms with E-state index in [0.29, 0.717) is 21.6 Å². The maximum Gasteiger partial charge on any atom is 0.217 e. The van der Waals surface area contributed by atoms with Crippen molar-refractivity contribution in [3.63, 3.8) is 0 Å². The van der Waals surface area contributed by atoms with Crippen molar-refractivity contribution in [2.75, 3.05) is 0 Å². The van der Waals surface area contributed by atoms with Crippen LogP contribution in [0.25, 0.3) is 22.1 Å². The van der Waals surface area contributed by atoms with E-state index in [9.17, 15) is 4.79 Å². The molecule has 0 aliphatic carbocycles. The van der Waals surface area contributed by atoms with Gasteiger partial charge < -0.3 is 4.98 Å². The second-order valence-electron chi connectivity index (χ2n) is 5.08. The van der Waals surface area contributed by atoms with E-state index >= 15 is 0 Å². The van der Waals surface area contributed by atoms with Gasteiger partial charge in [-0.05, 0) is 29.8 Å². The molecule has 6 heteroatoms. The Labute approximate surface area is 135 Å². The van der Waals surface area contributed by atoms with Crippen molar-refractivity contribution in [2.24, 2.45) is 5.10 Å². The lowest BCUT2D eigenvalue weighted by Gasteiger charge is -2.00. The SMILES string of the molecule is O=c1c2ccccc2[nH]c2c1ncn2N=Cc1ccc(Cl)cc1. The van der Waals surface area contributed by atoms with Gasteiger partial charge in [0.1, 0.15) is 6.33 Å². The maximum atomic E-state index is 12.5. The van der Waals surface area contributed by atoms with Gasteiger partial charge in [-0.25, -0.2) is 9.66 Å². The van der Waals surface area contributed by atoms with Crippen LogP contribution in [0.5, 0.6) is 0 Å². The van der Waals surface area contributed by atoms with Crippen LogP contribution in [-0.4, -0.2) is 20.9 Å². The maximum absolute atomic E-state index is 12.5. The van der Waals surface area contributed by atoms with Crippen LogP contribution in [0.15, 0.2) is 64.8 Å². The Morgan fingerprint density at radius 1 is 1.13 bits per heavy atom. The van der Waals surface area contributed by atoms with Gasteiger partial charge in [0, 0.05) is 10.4 Å². The quantitative estimate of drug-likeness (QED) is 0.575. The number of para-hydroxylation sites is 1. The number of H-pyrrole nitrogens is 1. The lowest BCUT2D eigenvalue weighted by molar-refractivity contribution is 0.902. The summed E-state index contributed by atoms with van der Waals surface area (Å²) in [5.41, 5.74) is 2.50. The molecule has 0 fully saturated rings. The number of nitrogens with one attached hydrogen (secondary N) is 1. The van der Waals surface area contributed by atoms with Crippen LogP contribution < -0.4 is 5.43 Å². The first-order valence-electron chi connectivity index (χ1n) is 7.00. The number of aromatic amines is 1. The highest BCUT2D eigenvalue weighted by atomic mass is 35.5. The summed E-state index contributed by atoms with van der Waals surface area (Å²) in [4.78, 5) is 19.8. The Kier molecular flexibility index (Phi) is 3.20. The van der Waals surface area contributed by atoms with Crippen LogP contribution in [0.2, 0.25) is 5.02 Å². The summed E-state index contributed by atoms with van der Waals surface area (Å²) in [6.07, 6.45) is 3.21. The number of imidazole rings is 1. The first-order chi connectivity index (χ1) is 11.2. The summed E-state index contributed by atoms with van der Waals surface area (Å²) >= 11 is 5.86. The first-order valence-corrected chi connectivity index (χ1v) is 7.38. The molecule has 2 aromatic carbocycles. The Morgan fingerprint density at radius 2 is 1.91 bits per heavy atom. The average Bonchev–Trinajstić information content (AvgIpc) is 2.98. The Morgan fingerprint density at radius 3 is 2.74 bits per heavy atom. The van der Waals surface area contributed by atoms with E-state index < -0.39 is 0 Å². The van der Waals surface area contributed by atoms with Crippen molar-refractivity contribution >= 4 is 39.9 Å². The monoisotopic (exact) mass is 322 g/mol. The molecule has 1 N–H and O–H groups in total. The van der Waals surface area contributed by atoms with Crippen LogP contribution >= 0.6 is 11.6 Å². The molecule has 0 saturated heterocycles. The molecule has 2 aromatic heterocycles. The van der Waals surface area contributed by atoms with Crippen LogP contribution in [-0.2, 0) is 0 Å². The van der Waals surface area contributed by atoms with Crippen LogP contribution in [0, 0.1) is 0 Å². The zero-order valence-corrected chi connectivity index (χ0v) is 12.7. The van der Waals surface area contributed by atoms with Gasteiger partial charge in [0.2, 0.25) is 5.43 Å².